The zero-order chi connectivity index (χ0) is 35.8. The van der Waals surface area contributed by atoms with Crippen LogP contribution in [0.3, 0.4) is 0 Å². The summed E-state index contributed by atoms with van der Waals surface area (Å²) in [5.41, 5.74) is 6.22. The number of aromatic carboxylic acids is 1. The minimum Gasteiger partial charge on any atom is -0.477 e. The zero-order valence-electron chi connectivity index (χ0n) is 28.7. The smallest absolute Gasteiger partial charge is 0.407 e. The molecular weight excluding hydrogens is 651 g/mol. The van der Waals surface area contributed by atoms with Crippen LogP contribution in [0, 0.1) is 11.8 Å². The molecule has 264 valence electrons. The van der Waals surface area contributed by atoms with Crippen LogP contribution in [0.25, 0.3) is 10.9 Å². The Labute approximate surface area is 291 Å². The maximum Gasteiger partial charge on any atom is 0.407 e. The average molecular weight is 697 g/mol. The second-order valence-electron chi connectivity index (χ2n) is 14.4. The quantitative estimate of drug-likeness (QED) is 0.222. The van der Waals surface area contributed by atoms with Gasteiger partial charge in [-0.3, -0.25) is 9.59 Å². The standard InChI is InChI=1S/C37H46ClFN4O6/c1-6-37(34(40)47)25(21-11-8-7-9-12-21)19-28(24-13-10-14-27-29(24)30(38)31(33(45)46)42(27)5)43(37)32(44)23-17-15-22(16-18-23)26(20-39)41-35(48)49-36(2,3)4/h7-14,22-23,25-26,28H,6,15-20H2,1-5H3,(H2,40,47)(H,41,48)(H,45,46)/t22-,23-,25-,26?,28?,37+/m1/s1. The Bertz CT molecular complexity index is 1730. The molecular formula is C37H46ClFN4O6. The van der Waals surface area contributed by atoms with Crippen molar-refractivity contribution in [1.29, 1.82) is 0 Å². The van der Waals surface area contributed by atoms with E-state index in [4.69, 9.17) is 22.1 Å². The van der Waals surface area contributed by atoms with Gasteiger partial charge >= 0.3 is 12.1 Å². The lowest BCUT2D eigenvalue weighted by molar-refractivity contribution is -0.151. The largest absolute Gasteiger partial charge is 0.477 e. The molecule has 2 aliphatic rings. The Morgan fingerprint density at radius 1 is 1.08 bits per heavy atom. The third-order valence-corrected chi connectivity index (χ3v) is 10.9. The molecule has 2 fully saturated rings. The van der Waals surface area contributed by atoms with Gasteiger partial charge in [0, 0.05) is 24.3 Å². The van der Waals surface area contributed by atoms with Crippen molar-refractivity contribution in [2.24, 2.45) is 24.6 Å². The lowest BCUT2D eigenvalue weighted by Crippen LogP contribution is -2.60. The fourth-order valence-corrected chi connectivity index (χ4v) is 8.66. The third kappa shape index (κ3) is 6.61. The molecule has 2 unspecified atom stereocenters. The number of aromatic nitrogens is 1. The summed E-state index contributed by atoms with van der Waals surface area (Å²) in [5, 5.41) is 13.2. The number of nitrogens with one attached hydrogen (secondary N) is 1. The van der Waals surface area contributed by atoms with Gasteiger partial charge in [-0.1, -0.05) is 61.0 Å². The Hall–Kier alpha value is -4.12. The van der Waals surface area contributed by atoms with Crippen LogP contribution in [-0.2, 0) is 21.4 Å². The van der Waals surface area contributed by atoms with Crippen molar-refractivity contribution in [3.63, 3.8) is 0 Å². The number of carbonyl (C=O) groups is 4. The number of benzene rings is 2. The number of alkyl carbamates (subject to hydrolysis) is 1. The molecule has 5 rings (SSSR count). The van der Waals surface area contributed by atoms with Gasteiger partial charge in [0.1, 0.15) is 23.5 Å². The minimum absolute atomic E-state index is 0.0626. The molecule has 3 aromatic rings. The first kappa shape index (κ1) is 36.2. The van der Waals surface area contributed by atoms with Gasteiger partial charge in [-0.15, -0.1) is 0 Å². The van der Waals surface area contributed by atoms with E-state index in [0.717, 1.165) is 5.56 Å². The molecule has 4 N–H and O–H groups in total. The van der Waals surface area contributed by atoms with Crippen LogP contribution in [0.5, 0.6) is 0 Å². The number of fused-ring (bicyclic) bond motifs is 1. The molecule has 1 saturated heterocycles. The molecule has 3 amide bonds. The van der Waals surface area contributed by atoms with Gasteiger partial charge < -0.3 is 30.4 Å². The normalized spacial score (nSPS) is 24.8. The summed E-state index contributed by atoms with van der Waals surface area (Å²) >= 11 is 6.80. The predicted molar refractivity (Wildman–Crippen MR) is 185 cm³/mol. The number of carbonyl (C=O) groups excluding carboxylic acids is 3. The molecule has 10 nitrogen and oxygen atoms in total. The Morgan fingerprint density at radius 3 is 2.29 bits per heavy atom. The fourth-order valence-electron chi connectivity index (χ4n) is 8.25. The molecule has 4 atom stereocenters. The molecule has 2 heterocycles. The van der Waals surface area contributed by atoms with E-state index in [1.807, 2.05) is 43.3 Å². The van der Waals surface area contributed by atoms with E-state index >= 15 is 0 Å². The Balaban J connectivity index is 1.55. The van der Waals surface area contributed by atoms with E-state index in [0.29, 0.717) is 48.6 Å². The molecule has 1 aliphatic carbocycles. The highest BCUT2D eigenvalue weighted by Gasteiger charge is 2.60. The van der Waals surface area contributed by atoms with Crippen molar-refractivity contribution < 1.29 is 33.4 Å². The number of hydrogen-bond donors (Lipinski definition) is 3. The van der Waals surface area contributed by atoms with Crippen LogP contribution in [0.1, 0.15) is 99.8 Å². The van der Waals surface area contributed by atoms with Gasteiger partial charge in [0.05, 0.1) is 22.6 Å². The molecule has 2 aromatic carbocycles. The number of nitrogens with two attached hydrogens (primary N) is 1. The van der Waals surface area contributed by atoms with E-state index in [2.05, 4.69) is 5.32 Å². The summed E-state index contributed by atoms with van der Waals surface area (Å²) in [5.74, 6) is -3.17. The molecule has 1 aromatic heterocycles. The summed E-state index contributed by atoms with van der Waals surface area (Å²) in [6.45, 7) is 6.30. The van der Waals surface area contributed by atoms with Crippen LogP contribution in [0.15, 0.2) is 48.5 Å². The number of ether oxygens (including phenoxy) is 1. The lowest BCUT2D eigenvalue weighted by Gasteiger charge is -2.44. The molecule has 12 heteroatoms. The van der Waals surface area contributed by atoms with E-state index in [-0.39, 0.29) is 29.0 Å². The second kappa shape index (κ2) is 14.0. The SMILES string of the molecule is CC[C@@]1(C(N)=O)[C@@H](c2ccccc2)CC(c2cccc3c2c(Cl)c(C(=O)O)n3C)N1C(=O)[C@H]1CC[C@H](C(CF)NC(=O)OC(C)(C)C)CC1. The van der Waals surface area contributed by atoms with Gasteiger partial charge in [-0.2, -0.15) is 0 Å². The van der Waals surface area contributed by atoms with Crippen LogP contribution in [0.4, 0.5) is 9.18 Å². The maximum absolute atomic E-state index is 14.9. The summed E-state index contributed by atoms with van der Waals surface area (Å²) in [6.07, 6.45) is 1.74. The number of hydrogen-bond acceptors (Lipinski definition) is 5. The van der Waals surface area contributed by atoms with Crippen molar-refractivity contribution >= 4 is 46.4 Å². The molecule has 0 bridgehead atoms. The number of nitrogens with zero attached hydrogens (tertiary/aromatic N) is 2. The monoisotopic (exact) mass is 696 g/mol. The summed E-state index contributed by atoms with van der Waals surface area (Å²) in [4.78, 5) is 55.1. The number of amides is 3. The predicted octanol–water partition coefficient (Wildman–Crippen LogP) is 6.89. The Kier molecular flexibility index (Phi) is 10.3. The van der Waals surface area contributed by atoms with Crippen molar-refractivity contribution in [2.75, 3.05) is 6.67 Å². The molecule has 0 radical (unpaired) electrons. The molecule has 0 spiro atoms. The highest BCUT2D eigenvalue weighted by molar-refractivity contribution is 6.39. The van der Waals surface area contributed by atoms with E-state index in [1.54, 1.807) is 44.9 Å². The van der Waals surface area contributed by atoms with Crippen molar-refractivity contribution in [1.82, 2.24) is 14.8 Å². The van der Waals surface area contributed by atoms with E-state index in [1.165, 1.54) is 4.57 Å². The highest BCUT2D eigenvalue weighted by Crippen LogP contribution is 2.55. The number of likely N-dealkylation sites (tertiary alicyclic amines) is 1. The molecule has 49 heavy (non-hydrogen) atoms. The van der Waals surface area contributed by atoms with Gasteiger partial charge in [0.2, 0.25) is 11.8 Å². The first-order valence-corrected chi connectivity index (χ1v) is 17.3. The van der Waals surface area contributed by atoms with Gasteiger partial charge in [-0.25, -0.2) is 14.0 Å². The van der Waals surface area contributed by atoms with Crippen LogP contribution < -0.4 is 11.1 Å². The Morgan fingerprint density at radius 2 is 1.73 bits per heavy atom. The number of halogens is 2. The summed E-state index contributed by atoms with van der Waals surface area (Å²) in [7, 11) is 1.63. The minimum atomic E-state index is -1.39. The molecule has 1 saturated carbocycles. The number of alkyl halides is 1. The number of primary amides is 1. The lowest BCUT2D eigenvalue weighted by atomic mass is 9.75. The van der Waals surface area contributed by atoms with Gasteiger partial charge in [0.15, 0.2) is 0 Å². The summed E-state index contributed by atoms with van der Waals surface area (Å²) in [6, 6.07) is 13.5. The van der Waals surface area contributed by atoms with Crippen LogP contribution in [-0.4, -0.2) is 62.3 Å². The van der Waals surface area contributed by atoms with Crippen molar-refractivity contribution in [3.05, 3.63) is 70.4 Å². The van der Waals surface area contributed by atoms with Crippen molar-refractivity contribution in [2.45, 2.75) is 95.4 Å². The first-order valence-electron chi connectivity index (χ1n) is 16.9. The van der Waals surface area contributed by atoms with Gasteiger partial charge in [-0.05, 0) is 82.4 Å². The second-order valence-corrected chi connectivity index (χ2v) is 14.7. The number of carboxylic acids is 1. The first-order chi connectivity index (χ1) is 23.2. The number of rotatable bonds is 9. The van der Waals surface area contributed by atoms with Gasteiger partial charge in [0.25, 0.3) is 0 Å². The highest BCUT2D eigenvalue weighted by atomic mass is 35.5. The summed E-state index contributed by atoms with van der Waals surface area (Å²) < 4.78 is 21.1. The number of carboxylic acid groups (broad SMARTS) is 1. The topological polar surface area (TPSA) is 144 Å². The van der Waals surface area contributed by atoms with E-state index in [9.17, 15) is 28.7 Å². The van der Waals surface area contributed by atoms with E-state index < -0.39 is 59.7 Å². The maximum atomic E-state index is 14.9. The van der Waals surface area contributed by atoms with Crippen LogP contribution in [0.2, 0.25) is 5.02 Å². The molecule has 1 aliphatic heterocycles. The number of aryl methyl sites for hydroxylation is 1. The third-order valence-electron chi connectivity index (χ3n) is 10.5. The zero-order valence-corrected chi connectivity index (χ0v) is 29.4. The average Bonchev–Trinajstić information content (AvgIpc) is 3.55. The fraction of sp³-hybridized carbons (Fsp3) is 0.514. The van der Waals surface area contributed by atoms with Crippen LogP contribution >= 0.6 is 11.6 Å². The van der Waals surface area contributed by atoms with Crippen molar-refractivity contribution in [3.8, 4) is 0 Å².